The largest absolute Gasteiger partial charge is 0.465 e. The second-order valence-electron chi connectivity index (χ2n) is 5.30. The summed E-state index contributed by atoms with van der Waals surface area (Å²) < 4.78 is 42.6. The van der Waals surface area contributed by atoms with Gasteiger partial charge < -0.3 is 4.74 Å². The molecule has 0 aliphatic carbocycles. The number of halogens is 3. The van der Waals surface area contributed by atoms with Crippen molar-refractivity contribution < 1.29 is 22.7 Å². The molecule has 0 atom stereocenters. The molecule has 1 aromatic carbocycles. The summed E-state index contributed by atoms with van der Waals surface area (Å²) in [5, 5.41) is 2.34. The molecule has 0 spiro atoms. The monoisotopic (exact) mass is 391 g/mol. The molecular formula is C18H12F3N3O2S. The summed E-state index contributed by atoms with van der Waals surface area (Å²) in [6.07, 6.45) is 1.54. The van der Waals surface area contributed by atoms with E-state index in [0.717, 1.165) is 12.1 Å². The average Bonchev–Trinajstić information content (AvgIpc) is 3.14. The van der Waals surface area contributed by atoms with E-state index in [1.54, 1.807) is 17.5 Å². The second-order valence-corrected chi connectivity index (χ2v) is 6.16. The molecule has 0 fully saturated rings. The summed E-state index contributed by atoms with van der Waals surface area (Å²) in [6, 6.07) is 4.81. The Balaban J connectivity index is 1.81. The number of ether oxygens (including phenoxy) is 1. The molecule has 27 heavy (non-hydrogen) atoms. The van der Waals surface area contributed by atoms with Crippen LogP contribution in [0.2, 0.25) is 0 Å². The third kappa shape index (κ3) is 4.37. The van der Waals surface area contributed by atoms with Crippen molar-refractivity contribution in [2.45, 2.75) is 6.18 Å². The Hall–Kier alpha value is -3.07. The molecule has 3 aromatic rings. The Morgan fingerprint density at radius 1 is 1.19 bits per heavy atom. The molecule has 0 aliphatic heterocycles. The maximum Gasteiger partial charge on any atom is 0.416 e. The number of carbonyl (C=O) groups excluding carboxylic acids is 1. The van der Waals surface area contributed by atoms with Crippen LogP contribution in [0.15, 0.2) is 42.2 Å². The van der Waals surface area contributed by atoms with E-state index in [1.807, 2.05) is 0 Å². The number of carbonyl (C=O) groups is 1. The first-order chi connectivity index (χ1) is 12.9. The van der Waals surface area contributed by atoms with Gasteiger partial charge in [0, 0.05) is 17.1 Å². The van der Waals surface area contributed by atoms with E-state index in [1.165, 1.54) is 43.1 Å². The number of thiazole rings is 1. The van der Waals surface area contributed by atoms with Crippen molar-refractivity contribution in [2.75, 3.05) is 7.11 Å². The van der Waals surface area contributed by atoms with Crippen molar-refractivity contribution in [3.05, 3.63) is 64.7 Å². The highest BCUT2D eigenvalue weighted by molar-refractivity contribution is 7.13. The molecular weight excluding hydrogens is 379 g/mol. The van der Waals surface area contributed by atoms with Crippen LogP contribution in [0.5, 0.6) is 0 Å². The first-order valence-electron chi connectivity index (χ1n) is 7.58. The normalized spacial score (nSPS) is 11.7. The van der Waals surface area contributed by atoms with Gasteiger partial charge >= 0.3 is 12.1 Å². The number of benzene rings is 1. The van der Waals surface area contributed by atoms with Crippen molar-refractivity contribution in [1.82, 2.24) is 15.0 Å². The summed E-state index contributed by atoms with van der Waals surface area (Å²) >= 11 is 1.30. The van der Waals surface area contributed by atoms with Gasteiger partial charge in [-0.15, -0.1) is 11.3 Å². The Kier molecular flexibility index (Phi) is 5.31. The van der Waals surface area contributed by atoms with Gasteiger partial charge in [0.15, 0.2) is 0 Å². The van der Waals surface area contributed by atoms with Crippen LogP contribution < -0.4 is 0 Å². The molecule has 2 aromatic heterocycles. The van der Waals surface area contributed by atoms with Gasteiger partial charge in [-0.1, -0.05) is 12.1 Å². The minimum Gasteiger partial charge on any atom is -0.465 e. The number of alkyl halides is 3. The number of esters is 1. The zero-order valence-electron chi connectivity index (χ0n) is 13.9. The quantitative estimate of drug-likeness (QED) is 0.610. The van der Waals surface area contributed by atoms with Crippen LogP contribution in [0.3, 0.4) is 0 Å². The SMILES string of the molecule is COC(=O)c1cncnc1/C=C/c1csc(-c2ccc(C(F)(F)F)cc2)n1. The van der Waals surface area contributed by atoms with E-state index in [9.17, 15) is 18.0 Å². The van der Waals surface area contributed by atoms with Gasteiger partial charge in [-0.25, -0.2) is 19.7 Å². The van der Waals surface area contributed by atoms with Crippen LogP contribution in [0, 0.1) is 0 Å². The zero-order chi connectivity index (χ0) is 19.4. The molecule has 138 valence electrons. The van der Waals surface area contributed by atoms with Crippen LogP contribution >= 0.6 is 11.3 Å². The molecule has 9 heteroatoms. The van der Waals surface area contributed by atoms with E-state index >= 15 is 0 Å². The van der Waals surface area contributed by atoms with E-state index in [2.05, 4.69) is 19.7 Å². The zero-order valence-corrected chi connectivity index (χ0v) is 14.7. The van der Waals surface area contributed by atoms with Gasteiger partial charge in [-0.05, 0) is 24.3 Å². The van der Waals surface area contributed by atoms with Crippen molar-refractivity contribution >= 4 is 29.5 Å². The van der Waals surface area contributed by atoms with Crippen molar-refractivity contribution in [3.8, 4) is 10.6 Å². The van der Waals surface area contributed by atoms with Gasteiger partial charge in [-0.2, -0.15) is 13.2 Å². The third-order valence-electron chi connectivity index (χ3n) is 3.54. The van der Waals surface area contributed by atoms with E-state index < -0.39 is 17.7 Å². The summed E-state index contributed by atoms with van der Waals surface area (Å²) in [4.78, 5) is 23.9. The predicted molar refractivity (Wildman–Crippen MR) is 94.9 cm³/mol. The lowest BCUT2D eigenvalue weighted by molar-refractivity contribution is -0.137. The van der Waals surface area contributed by atoms with Gasteiger partial charge in [0.1, 0.15) is 16.9 Å². The lowest BCUT2D eigenvalue weighted by Gasteiger charge is -2.06. The molecule has 3 rings (SSSR count). The molecule has 0 N–H and O–H groups in total. The number of hydrogen-bond donors (Lipinski definition) is 0. The van der Waals surface area contributed by atoms with Crippen molar-refractivity contribution in [2.24, 2.45) is 0 Å². The number of rotatable bonds is 4. The van der Waals surface area contributed by atoms with E-state index in [0.29, 0.717) is 22.0 Å². The van der Waals surface area contributed by atoms with E-state index in [-0.39, 0.29) is 5.56 Å². The first kappa shape index (κ1) is 18.7. The first-order valence-corrected chi connectivity index (χ1v) is 8.46. The lowest BCUT2D eigenvalue weighted by Crippen LogP contribution is -2.05. The molecule has 0 radical (unpaired) electrons. The highest BCUT2D eigenvalue weighted by Crippen LogP contribution is 2.32. The highest BCUT2D eigenvalue weighted by atomic mass is 32.1. The Labute approximate surface area is 156 Å². The fraction of sp³-hybridized carbons (Fsp3) is 0.111. The molecule has 0 aliphatic rings. The van der Waals surface area contributed by atoms with E-state index in [4.69, 9.17) is 0 Å². The molecule has 0 saturated carbocycles. The maximum atomic E-state index is 12.6. The minimum atomic E-state index is -4.37. The number of hydrogen-bond acceptors (Lipinski definition) is 6. The van der Waals surface area contributed by atoms with Gasteiger partial charge in [0.2, 0.25) is 0 Å². The molecule has 5 nitrogen and oxygen atoms in total. The van der Waals surface area contributed by atoms with Crippen LogP contribution in [0.25, 0.3) is 22.7 Å². The number of methoxy groups -OCH3 is 1. The van der Waals surface area contributed by atoms with Crippen molar-refractivity contribution in [3.63, 3.8) is 0 Å². The summed E-state index contributed by atoms with van der Waals surface area (Å²) in [7, 11) is 1.26. The molecule has 2 heterocycles. The predicted octanol–water partition coefficient (Wildman–Crippen LogP) is 4.58. The Morgan fingerprint density at radius 2 is 1.93 bits per heavy atom. The maximum absolute atomic E-state index is 12.6. The highest BCUT2D eigenvalue weighted by Gasteiger charge is 2.30. The summed E-state index contributed by atoms with van der Waals surface area (Å²) in [5.41, 5.74) is 1.06. The van der Waals surface area contributed by atoms with Crippen LogP contribution in [-0.2, 0) is 10.9 Å². The number of nitrogens with zero attached hydrogens (tertiary/aromatic N) is 3. The summed E-state index contributed by atoms with van der Waals surface area (Å²) in [5.74, 6) is -0.557. The molecule has 0 saturated heterocycles. The molecule has 0 unspecified atom stereocenters. The average molecular weight is 391 g/mol. The van der Waals surface area contributed by atoms with Crippen LogP contribution in [-0.4, -0.2) is 28.0 Å². The van der Waals surface area contributed by atoms with Crippen LogP contribution in [0.4, 0.5) is 13.2 Å². The third-order valence-corrected chi connectivity index (χ3v) is 4.45. The molecule has 0 amide bonds. The Bertz CT molecular complexity index is 982. The minimum absolute atomic E-state index is 0.217. The van der Waals surface area contributed by atoms with Crippen molar-refractivity contribution in [1.29, 1.82) is 0 Å². The fourth-order valence-corrected chi connectivity index (χ4v) is 2.99. The van der Waals surface area contributed by atoms with Crippen LogP contribution in [0.1, 0.15) is 27.3 Å². The summed E-state index contributed by atoms with van der Waals surface area (Å²) in [6.45, 7) is 0. The van der Waals surface area contributed by atoms with Gasteiger partial charge in [0.05, 0.1) is 24.1 Å². The van der Waals surface area contributed by atoms with Gasteiger partial charge in [-0.3, -0.25) is 0 Å². The fourth-order valence-electron chi connectivity index (χ4n) is 2.20. The standard InChI is InChI=1S/C18H12F3N3O2S/c1-26-17(25)14-8-22-10-23-15(14)7-6-13-9-27-16(24-13)11-2-4-12(5-3-11)18(19,20)21/h2-10H,1H3/b7-6+. The topological polar surface area (TPSA) is 65.0 Å². The smallest absolute Gasteiger partial charge is 0.416 e. The molecule has 0 bridgehead atoms. The second kappa shape index (κ2) is 7.67. The Morgan fingerprint density at radius 3 is 2.59 bits per heavy atom. The van der Waals surface area contributed by atoms with Gasteiger partial charge in [0.25, 0.3) is 0 Å². The number of aromatic nitrogens is 3. The lowest BCUT2D eigenvalue weighted by atomic mass is 10.1.